The largest absolute Gasteiger partial charge is 0.379 e. The molecule has 1 aromatic heterocycles. The first-order valence-corrected chi connectivity index (χ1v) is 7.52. The molecule has 0 aliphatic heterocycles. The Morgan fingerprint density at radius 1 is 1.11 bits per heavy atom. The standard InChI is InChI=1S/C14H13NO3S/c16-19(17,14-5-2-8-15-10-14)18-13-7-6-11-3-1-4-12(11)9-13/h2,5-10H,1,3-4H2. The molecule has 0 radical (unpaired) electrons. The zero-order valence-electron chi connectivity index (χ0n) is 10.2. The van der Waals surface area contributed by atoms with E-state index in [9.17, 15) is 8.42 Å². The van der Waals surface area contributed by atoms with Gasteiger partial charge in [-0.3, -0.25) is 4.98 Å². The molecule has 3 rings (SSSR count). The highest BCUT2D eigenvalue weighted by Crippen LogP contribution is 2.27. The Bertz CT molecular complexity index is 696. The van der Waals surface area contributed by atoms with Crippen molar-refractivity contribution < 1.29 is 12.6 Å². The zero-order chi connectivity index (χ0) is 13.3. The van der Waals surface area contributed by atoms with Crippen LogP contribution in [0.25, 0.3) is 0 Å². The predicted molar refractivity (Wildman–Crippen MR) is 70.5 cm³/mol. The first-order valence-electron chi connectivity index (χ1n) is 6.11. The average molecular weight is 275 g/mol. The lowest BCUT2D eigenvalue weighted by Gasteiger charge is -2.08. The SMILES string of the molecule is O=S(=O)(Oc1ccc2c(c1)CCC2)c1cccnc1. The Morgan fingerprint density at radius 2 is 1.95 bits per heavy atom. The summed E-state index contributed by atoms with van der Waals surface area (Å²) in [4.78, 5) is 3.86. The van der Waals surface area contributed by atoms with Gasteiger partial charge in [0.15, 0.2) is 0 Å². The summed E-state index contributed by atoms with van der Waals surface area (Å²) in [7, 11) is -3.79. The van der Waals surface area contributed by atoms with Gasteiger partial charge in [-0.05, 0) is 54.7 Å². The number of hydrogen-bond acceptors (Lipinski definition) is 4. The Morgan fingerprint density at radius 3 is 2.74 bits per heavy atom. The van der Waals surface area contributed by atoms with Crippen molar-refractivity contribution in [2.45, 2.75) is 24.2 Å². The van der Waals surface area contributed by atoms with Crippen LogP contribution in [0.4, 0.5) is 0 Å². The van der Waals surface area contributed by atoms with E-state index in [0.29, 0.717) is 5.75 Å². The quantitative estimate of drug-likeness (QED) is 0.807. The van der Waals surface area contributed by atoms with Crippen molar-refractivity contribution in [3.05, 3.63) is 53.9 Å². The molecule has 0 amide bonds. The van der Waals surface area contributed by atoms with E-state index in [1.807, 2.05) is 12.1 Å². The lowest BCUT2D eigenvalue weighted by Crippen LogP contribution is -2.10. The van der Waals surface area contributed by atoms with Crippen molar-refractivity contribution in [2.75, 3.05) is 0 Å². The minimum absolute atomic E-state index is 0.0653. The van der Waals surface area contributed by atoms with Crippen molar-refractivity contribution in [3.63, 3.8) is 0 Å². The van der Waals surface area contributed by atoms with Gasteiger partial charge >= 0.3 is 10.1 Å². The molecule has 19 heavy (non-hydrogen) atoms. The molecule has 0 saturated heterocycles. The molecule has 0 unspecified atom stereocenters. The fourth-order valence-electron chi connectivity index (χ4n) is 2.27. The number of pyridine rings is 1. The summed E-state index contributed by atoms with van der Waals surface area (Å²) in [5.74, 6) is 0.365. The highest BCUT2D eigenvalue weighted by Gasteiger charge is 2.18. The topological polar surface area (TPSA) is 56.3 Å². The lowest BCUT2D eigenvalue weighted by atomic mass is 10.1. The number of hydrogen-bond donors (Lipinski definition) is 0. The van der Waals surface area contributed by atoms with E-state index in [1.165, 1.54) is 29.6 Å². The van der Waals surface area contributed by atoms with E-state index in [0.717, 1.165) is 19.3 Å². The minimum Gasteiger partial charge on any atom is -0.379 e. The molecule has 0 bridgehead atoms. The molecule has 1 heterocycles. The number of benzene rings is 1. The van der Waals surface area contributed by atoms with Gasteiger partial charge in [0.25, 0.3) is 0 Å². The van der Waals surface area contributed by atoms with E-state index in [4.69, 9.17) is 4.18 Å². The van der Waals surface area contributed by atoms with Gasteiger partial charge in [-0.2, -0.15) is 8.42 Å². The van der Waals surface area contributed by atoms with Gasteiger partial charge < -0.3 is 4.18 Å². The molecule has 1 aliphatic carbocycles. The molecule has 4 nitrogen and oxygen atoms in total. The normalized spacial score (nSPS) is 14.1. The van der Waals surface area contributed by atoms with Crippen LogP contribution in [0.5, 0.6) is 5.75 Å². The number of rotatable bonds is 3. The maximum absolute atomic E-state index is 12.0. The van der Waals surface area contributed by atoms with Crippen molar-refractivity contribution in [2.24, 2.45) is 0 Å². The van der Waals surface area contributed by atoms with Crippen LogP contribution < -0.4 is 4.18 Å². The summed E-state index contributed by atoms with van der Waals surface area (Å²) in [6.07, 6.45) is 5.97. The van der Waals surface area contributed by atoms with Crippen LogP contribution in [0, 0.1) is 0 Å². The highest BCUT2D eigenvalue weighted by molar-refractivity contribution is 7.87. The van der Waals surface area contributed by atoms with Gasteiger partial charge in [-0.15, -0.1) is 0 Å². The smallest absolute Gasteiger partial charge is 0.340 e. The van der Waals surface area contributed by atoms with Gasteiger partial charge in [0, 0.05) is 12.4 Å². The van der Waals surface area contributed by atoms with Crippen LogP contribution in [0.3, 0.4) is 0 Å². The number of nitrogens with zero attached hydrogens (tertiary/aromatic N) is 1. The molecule has 2 aromatic rings. The van der Waals surface area contributed by atoms with Crippen molar-refractivity contribution in [3.8, 4) is 5.75 Å². The minimum atomic E-state index is -3.79. The second-order valence-corrected chi connectivity index (χ2v) is 6.06. The summed E-state index contributed by atoms with van der Waals surface area (Å²) in [5.41, 5.74) is 2.46. The lowest BCUT2D eigenvalue weighted by molar-refractivity contribution is 0.485. The van der Waals surface area contributed by atoms with Crippen LogP contribution in [0.2, 0.25) is 0 Å². The van der Waals surface area contributed by atoms with Crippen molar-refractivity contribution >= 4 is 10.1 Å². The molecule has 0 spiro atoms. The first kappa shape index (κ1) is 12.2. The number of aromatic nitrogens is 1. The summed E-state index contributed by atoms with van der Waals surface area (Å²) >= 11 is 0. The average Bonchev–Trinajstić information content (AvgIpc) is 2.87. The van der Waals surface area contributed by atoms with Crippen LogP contribution in [0.15, 0.2) is 47.6 Å². The van der Waals surface area contributed by atoms with E-state index in [1.54, 1.807) is 12.1 Å². The van der Waals surface area contributed by atoms with E-state index in [-0.39, 0.29) is 4.90 Å². The highest BCUT2D eigenvalue weighted by atomic mass is 32.2. The van der Waals surface area contributed by atoms with E-state index >= 15 is 0 Å². The van der Waals surface area contributed by atoms with Gasteiger partial charge in [0.2, 0.25) is 0 Å². The third-order valence-corrected chi connectivity index (χ3v) is 4.43. The maximum atomic E-state index is 12.0. The number of aryl methyl sites for hydroxylation is 2. The Balaban J connectivity index is 1.89. The van der Waals surface area contributed by atoms with Crippen LogP contribution in [-0.4, -0.2) is 13.4 Å². The summed E-state index contributed by atoms with van der Waals surface area (Å²) in [6.45, 7) is 0. The molecule has 0 saturated carbocycles. The molecule has 1 aromatic carbocycles. The maximum Gasteiger partial charge on any atom is 0.340 e. The second kappa shape index (κ2) is 4.66. The van der Waals surface area contributed by atoms with Gasteiger partial charge in [0.05, 0.1) is 0 Å². The molecule has 0 fully saturated rings. The molecule has 98 valence electrons. The summed E-state index contributed by atoms with van der Waals surface area (Å²) < 4.78 is 29.2. The molecular weight excluding hydrogens is 262 g/mol. The Labute approximate surface area is 112 Å². The predicted octanol–water partition coefficient (Wildman–Crippen LogP) is 2.34. The fraction of sp³-hybridized carbons (Fsp3) is 0.214. The van der Waals surface area contributed by atoms with Crippen LogP contribution in [0.1, 0.15) is 17.5 Å². The molecular formula is C14H13NO3S. The third-order valence-electron chi connectivity index (χ3n) is 3.20. The van der Waals surface area contributed by atoms with Gasteiger partial charge in [0.1, 0.15) is 10.6 Å². The van der Waals surface area contributed by atoms with E-state index < -0.39 is 10.1 Å². The Hall–Kier alpha value is -1.88. The fourth-order valence-corrected chi connectivity index (χ4v) is 3.16. The number of fused-ring (bicyclic) bond motifs is 1. The van der Waals surface area contributed by atoms with Gasteiger partial charge in [-0.1, -0.05) is 6.07 Å². The summed E-state index contributed by atoms with van der Waals surface area (Å²) in [5, 5.41) is 0. The zero-order valence-corrected chi connectivity index (χ0v) is 11.1. The molecule has 0 N–H and O–H groups in total. The molecule has 1 aliphatic rings. The monoisotopic (exact) mass is 275 g/mol. The van der Waals surface area contributed by atoms with Crippen LogP contribution >= 0.6 is 0 Å². The van der Waals surface area contributed by atoms with E-state index in [2.05, 4.69) is 4.98 Å². The second-order valence-electron chi connectivity index (χ2n) is 4.51. The first-order chi connectivity index (χ1) is 9.15. The molecule has 5 heteroatoms. The van der Waals surface area contributed by atoms with Crippen molar-refractivity contribution in [1.29, 1.82) is 0 Å². The third kappa shape index (κ3) is 2.46. The van der Waals surface area contributed by atoms with Crippen molar-refractivity contribution in [1.82, 2.24) is 4.98 Å². The van der Waals surface area contributed by atoms with Crippen LogP contribution in [-0.2, 0) is 23.0 Å². The Kier molecular flexibility index (Phi) is 2.98. The van der Waals surface area contributed by atoms with Gasteiger partial charge in [-0.25, -0.2) is 0 Å². The molecule has 0 atom stereocenters. The summed E-state index contributed by atoms with van der Waals surface area (Å²) in [6, 6.07) is 8.50.